The molecule has 5 aromatic carbocycles. The molecular weight excluding hydrogens is 468 g/mol. The van der Waals surface area contributed by atoms with E-state index in [9.17, 15) is 0 Å². The summed E-state index contributed by atoms with van der Waals surface area (Å²) in [7, 11) is 0. The summed E-state index contributed by atoms with van der Waals surface area (Å²) in [5, 5.41) is 5.21. The number of benzene rings is 5. The minimum Gasteiger partial charge on any atom is -0.354 e. The molecule has 3 heteroatoms. The fourth-order valence-corrected chi connectivity index (χ4v) is 7.13. The summed E-state index contributed by atoms with van der Waals surface area (Å²) in [5.74, 6) is 0. The molecule has 0 amide bonds. The highest BCUT2D eigenvalue weighted by atomic mass is 32.2. The van der Waals surface area contributed by atoms with Crippen LogP contribution in [-0.2, 0) is 0 Å². The molecule has 2 nitrogen and oxygen atoms in total. The van der Waals surface area contributed by atoms with Crippen molar-refractivity contribution in [1.29, 1.82) is 0 Å². The van der Waals surface area contributed by atoms with Gasteiger partial charge in [0.2, 0.25) is 0 Å². The monoisotopic (exact) mass is 492 g/mol. The Kier molecular flexibility index (Phi) is 4.61. The minimum atomic E-state index is 1.02. The van der Waals surface area contributed by atoms with Crippen LogP contribution in [0.1, 0.15) is 18.4 Å². The van der Waals surface area contributed by atoms with Gasteiger partial charge in [0.1, 0.15) is 0 Å². The number of aromatic amines is 1. The van der Waals surface area contributed by atoms with Crippen LogP contribution < -0.4 is 4.90 Å². The molecule has 2 aliphatic rings. The summed E-state index contributed by atoms with van der Waals surface area (Å²) in [6, 6.07) is 39.6. The Morgan fingerprint density at radius 3 is 2.46 bits per heavy atom. The summed E-state index contributed by atoms with van der Waals surface area (Å²) in [6.07, 6.45) is 4.47. The first-order chi connectivity index (χ1) is 18.3. The van der Waals surface area contributed by atoms with Gasteiger partial charge in [-0.2, -0.15) is 0 Å². The van der Waals surface area contributed by atoms with Crippen LogP contribution in [0.4, 0.5) is 11.4 Å². The van der Waals surface area contributed by atoms with Crippen LogP contribution in [0.25, 0.3) is 38.2 Å². The second-order valence-electron chi connectivity index (χ2n) is 9.82. The van der Waals surface area contributed by atoms with Crippen molar-refractivity contribution >= 4 is 61.3 Å². The smallest absolute Gasteiger partial charge is 0.0598 e. The van der Waals surface area contributed by atoms with E-state index in [2.05, 4.69) is 125 Å². The number of nitrogens with zero attached hydrogens (tertiary/aromatic N) is 1. The van der Waals surface area contributed by atoms with Crippen LogP contribution in [0.3, 0.4) is 0 Å². The normalized spacial score (nSPS) is 15.2. The highest BCUT2D eigenvalue weighted by Crippen LogP contribution is 2.51. The summed E-state index contributed by atoms with van der Waals surface area (Å²) < 4.78 is 0. The molecule has 0 spiro atoms. The Hall–Kier alpha value is -4.21. The maximum absolute atomic E-state index is 3.69. The van der Waals surface area contributed by atoms with Gasteiger partial charge in [-0.15, -0.1) is 0 Å². The highest BCUT2D eigenvalue weighted by molar-refractivity contribution is 8.03. The van der Waals surface area contributed by atoms with Crippen molar-refractivity contribution in [2.75, 3.05) is 4.90 Å². The molecule has 1 aliphatic carbocycles. The molecule has 8 rings (SSSR count). The molecule has 1 aromatic heterocycles. The number of H-pyrrole nitrogens is 1. The van der Waals surface area contributed by atoms with E-state index in [1.807, 2.05) is 11.8 Å². The Bertz CT molecular complexity index is 1910. The largest absolute Gasteiger partial charge is 0.354 e. The van der Waals surface area contributed by atoms with Crippen molar-refractivity contribution < 1.29 is 0 Å². The average Bonchev–Trinajstić information content (AvgIpc) is 3.34. The van der Waals surface area contributed by atoms with Gasteiger partial charge in [-0.1, -0.05) is 84.6 Å². The van der Waals surface area contributed by atoms with Crippen molar-refractivity contribution in [3.8, 4) is 0 Å². The van der Waals surface area contributed by atoms with E-state index < -0.39 is 0 Å². The molecule has 0 atom stereocenters. The molecule has 2 heterocycles. The number of hydrogen-bond donors (Lipinski definition) is 1. The number of rotatable bonds is 2. The third-order valence-electron chi connectivity index (χ3n) is 7.69. The van der Waals surface area contributed by atoms with Gasteiger partial charge in [0.15, 0.2) is 0 Å². The van der Waals surface area contributed by atoms with Crippen LogP contribution in [0.15, 0.2) is 131 Å². The van der Waals surface area contributed by atoms with Gasteiger partial charge in [0.25, 0.3) is 0 Å². The average molecular weight is 493 g/mol. The van der Waals surface area contributed by atoms with Crippen LogP contribution >= 0.6 is 11.8 Å². The number of fused-ring (bicyclic) bond motifs is 6. The summed E-state index contributed by atoms with van der Waals surface area (Å²) >= 11 is 1.90. The van der Waals surface area contributed by atoms with Gasteiger partial charge in [0, 0.05) is 43.0 Å². The van der Waals surface area contributed by atoms with Crippen LogP contribution in [0, 0.1) is 0 Å². The third-order valence-corrected chi connectivity index (χ3v) is 8.83. The first kappa shape index (κ1) is 20.9. The minimum absolute atomic E-state index is 1.02. The molecule has 0 bridgehead atoms. The number of para-hydroxylation sites is 2. The van der Waals surface area contributed by atoms with Gasteiger partial charge >= 0.3 is 0 Å². The van der Waals surface area contributed by atoms with Crippen molar-refractivity contribution in [2.24, 2.45) is 0 Å². The fourth-order valence-electron chi connectivity index (χ4n) is 5.97. The van der Waals surface area contributed by atoms with E-state index in [0.29, 0.717) is 0 Å². The van der Waals surface area contributed by atoms with Crippen molar-refractivity contribution in [1.82, 2.24) is 4.98 Å². The second-order valence-corrected chi connectivity index (χ2v) is 10.9. The topological polar surface area (TPSA) is 19.0 Å². The zero-order valence-corrected chi connectivity index (χ0v) is 21.1. The van der Waals surface area contributed by atoms with Crippen molar-refractivity contribution in [3.63, 3.8) is 0 Å². The quantitative estimate of drug-likeness (QED) is 0.259. The summed E-state index contributed by atoms with van der Waals surface area (Å²) in [5.41, 5.74) is 9.03. The number of thioether (sulfide) groups is 1. The number of aromatic nitrogens is 1. The lowest BCUT2D eigenvalue weighted by molar-refractivity contribution is 0.915. The predicted molar refractivity (Wildman–Crippen MR) is 158 cm³/mol. The molecule has 0 radical (unpaired) electrons. The lowest BCUT2D eigenvalue weighted by Crippen LogP contribution is -2.22. The van der Waals surface area contributed by atoms with Crippen LogP contribution in [-0.4, -0.2) is 4.98 Å². The van der Waals surface area contributed by atoms with E-state index in [4.69, 9.17) is 0 Å². The van der Waals surface area contributed by atoms with Gasteiger partial charge in [-0.05, 0) is 77.2 Å². The Morgan fingerprint density at radius 1 is 0.676 bits per heavy atom. The lowest BCUT2D eigenvalue weighted by atomic mass is 9.93. The molecule has 0 saturated carbocycles. The first-order valence-corrected chi connectivity index (χ1v) is 13.6. The number of nitrogens with one attached hydrogen (secondary N) is 1. The predicted octanol–water partition coefficient (Wildman–Crippen LogP) is 9.81. The first-order valence-electron chi connectivity index (χ1n) is 12.8. The molecule has 0 saturated heterocycles. The zero-order valence-electron chi connectivity index (χ0n) is 20.2. The maximum Gasteiger partial charge on any atom is 0.0598 e. The van der Waals surface area contributed by atoms with E-state index in [-0.39, 0.29) is 0 Å². The number of anilines is 2. The molecule has 6 aromatic rings. The van der Waals surface area contributed by atoms with Crippen LogP contribution in [0.5, 0.6) is 0 Å². The van der Waals surface area contributed by atoms with Crippen molar-refractivity contribution in [2.45, 2.75) is 17.7 Å². The van der Waals surface area contributed by atoms with Gasteiger partial charge in [-0.3, -0.25) is 0 Å². The lowest BCUT2D eigenvalue weighted by Gasteiger charge is -2.36. The number of hydrogen-bond acceptors (Lipinski definition) is 2. The van der Waals surface area contributed by atoms with Crippen molar-refractivity contribution in [3.05, 3.63) is 131 Å². The Balaban J connectivity index is 1.25. The number of allylic oxidation sites excluding steroid dienone is 3. The fraction of sp³-hybridized carbons (Fsp3) is 0.0588. The zero-order chi connectivity index (χ0) is 24.3. The van der Waals surface area contributed by atoms with E-state index in [1.54, 1.807) is 0 Å². The SMILES string of the molecule is C1=C(c2ccc3c(c2)[nH]c2ccc4ccccc4c23)CCC2=C1Sc1ccccc1N2c1ccccc1. The van der Waals surface area contributed by atoms with Gasteiger partial charge < -0.3 is 9.88 Å². The van der Waals surface area contributed by atoms with E-state index in [0.717, 1.165) is 12.8 Å². The second kappa shape index (κ2) is 8.16. The molecule has 176 valence electrons. The maximum atomic E-state index is 3.69. The van der Waals surface area contributed by atoms with Gasteiger partial charge in [-0.25, -0.2) is 0 Å². The molecular formula is C34H24N2S. The standard InChI is InChI=1S/C34H24N2S/c1-2-9-25(10-3-1)36-30-12-6-7-13-32(30)37-33-21-24(16-19-31(33)36)23-14-17-27-29(20-23)35-28-18-15-22-8-4-5-11-26(22)34(27)28/h1-15,17-18,20-21,35H,16,19H2. The summed E-state index contributed by atoms with van der Waals surface area (Å²) in [4.78, 5) is 8.81. The molecule has 0 fully saturated rings. The molecule has 37 heavy (non-hydrogen) atoms. The van der Waals surface area contributed by atoms with E-state index in [1.165, 1.54) is 70.6 Å². The highest BCUT2D eigenvalue weighted by Gasteiger charge is 2.28. The van der Waals surface area contributed by atoms with E-state index >= 15 is 0 Å². The van der Waals surface area contributed by atoms with Crippen LogP contribution in [0.2, 0.25) is 0 Å². The molecule has 1 N–H and O–H groups in total. The Morgan fingerprint density at radius 2 is 1.51 bits per heavy atom. The summed E-state index contributed by atoms with van der Waals surface area (Å²) in [6.45, 7) is 0. The Labute approximate surface area is 219 Å². The molecule has 1 aliphatic heterocycles. The molecule has 0 unspecified atom stereocenters. The third kappa shape index (κ3) is 3.28. The van der Waals surface area contributed by atoms with Gasteiger partial charge in [0.05, 0.1) is 5.69 Å².